The number of thioether (sulfide) groups is 1. The summed E-state index contributed by atoms with van der Waals surface area (Å²) in [6, 6.07) is 16.3. The first-order chi connectivity index (χ1) is 13.2. The van der Waals surface area contributed by atoms with Crippen LogP contribution in [0.3, 0.4) is 0 Å². The van der Waals surface area contributed by atoms with Gasteiger partial charge in [-0.15, -0.1) is 11.8 Å². The van der Waals surface area contributed by atoms with Crippen LogP contribution in [-0.2, 0) is 0 Å². The highest BCUT2D eigenvalue weighted by atomic mass is 32.2. The fourth-order valence-corrected chi connectivity index (χ4v) is 3.84. The molecular formula is C21H20N4OS. The molecule has 1 N–H and O–H groups in total. The molecule has 6 heteroatoms. The Labute approximate surface area is 162 Å². The zero-order chi connectivity index (χ0) is 18.6. The standard InChI is InChI=1S/C21H20N4OS/c1-14-13-23-21(25-19(14)20-22-10-11-27-20)24-17-12-16(8-9-18(17)26-2)15-6-4-3-5-7-15/h3-9,12-13H,10-11H2,1-2H3,(H,23,24,25). The van der Waals surface area contributed by atoms with Crippen molar-refractivity contribution in [2.75, 3.05) is 24.7 Å². The molecule has 0 unspecified atom stereocenters. The number of nitrogens with one attached hydrogen (secondary N) is 1. The minimum Gasteiger partial charge on any atom is -0.495 e. The van der Waals surface area contributed by atoms with Crippen LogP contribution in [0.4, 0.5) is 11.6 Å². The summed E-state index contributed by atoms with van der Waals surface area (Å²) in [5.74, 6) is 2.29. The molecule has 4 rings (SSSR count). The van der Waals surface area contributed by atoms with Gasteiger partial charge in [0.25, 0.3) is 0 Å². The Kier molecular flexibility index (Phi) is 5.07. The highest BCUT2D eigenvalue weighted by Crippen LogP contribution is 2.32. The topological polar surface area (TPSA) is 59.4 Å². The number of hydrogen-bond acceptors (Lipinski definition) is 6. The monoisotopic (exact) mass is 376 g/mol. The fraction of sp³-hybridized carbons (Fsp3) is 0.190. The van der Waals surface area contributed by atoms with Crippen molar-refractivity contribution in [2.24, 2.45) is 4.99 Å². The fourth-order valence-electron chi connectivity index (χ4n) is 2.93. The molecule has 5 nitrogen and oxygen atoms in total. The lowest BCUT2D eigenvalue weighted by molar-refractivity contribution is 0.417. The molecule has 1 aliphatic heterocycles. The summed E-state index contributed by atoms with van der Waals surface area (Å²) in [5.41, 5.74) is 4.99. The number of rotatable bonds is 5. The largest absolute Gasteiger partial charge is 0.495 e. The normalized spacial score (nSPS) is 13.3. The quantitative estimate of drug-likeness (QED) is 0.699. The zero-order valence-electron chi connectivity index (χ0n) is 15.3. The van der Waals surface area contributed by atoms with E-state index in [0.717, 1.165) is 51.2 Å². The second kappa shape index (κ2) is 7.80. The van der Waals surface area contributed by atoms with Gasteiger partial charge in [0.05, 0.1) is 12.8 Å². The Morgan fingerprint density at radius 2 is 1.93 bits per heavy atom. The van der Waals surface area contributed by atoms with Crippen molar-refractivity contribution in [1.82, 2.24) is 9.97 Å². The molecule has 0 fully saturated rings. The van der Waals surface area contributed by atoms with Crippen molar-refractivity contribution < 1.29 is 4.74 Å². The molecule has 0 atom stereocenters. The van der Waals surface area contributed by atoms with E-state index in [4.69, 9.17) is 9.72 Å². The van der Waals surface area contributed by atoms with Gasteiger partial charge < -0.3 is 10.1 Å². The minimum absolute atomic E-state index is 0.536. The van der Waals surface area contributed by atoms with Gasteiger partial charge in [-0.3, -0.25) is 4.99 Å². The molecule has 0 saturated heterocycles. The smallest absolute Gasteiger partial charge is 0.227 e. The third-order valence-electron chi connectivity index (χ3n) is 4.31. The van der Waals surface area contributed by atoms with Gasteiger partial charge in [0.15, 0.2) is 0 Å². The summed E-state index contributed by atoms with van der Waals surface area (Å²) in [5, 5.41) is 4.30. The van der Waals surface area contributed by atoms with Gasteiger partial charge in [0.1, 0.15) is 16.5 Å². The lowest BCUT2D eigenvalue weighted by atomic mass is 10.0. The number of aryl methyl sites for hydroxylation is 1. The molecule has 3 aromatic rings. The maximum absolute atomic E-state index is 5.52. The van der Waals surface area contributed by atoms with Gasteiger partial charge in [-0.25, -0.2) is 9.97 Å². The third kappa shape index (κ3) is 3.80. The lowest BCUT2D eigenvalue weighted by Gasteiger charge is -2.13. The second-order valence-corrected chi connectivity index (χ2v) is 7.25. The van der Waals surface area contributed by atoms with E-state index in [9.17, 15) is 0 Å². The Bertz CT molecular complexity index is 989. The SMILES string of the molecule is COc1ccc(-c2ccccc2)cc1Nc1ncc(C)c(C2=NCCS2)n1. The maximum atomic E-state index is 5.52. The van der Waals surface area contributed by atoms with E-state index in [0.29, 0.717) is 5.95 Å². The predicted molar refractivity (Wildman–Crippen MR) is 112 cm³/mol. The average Bonchev–Trinajstić information content (AvgIpc) is 3.25. The van der Waals surface area contributed by atoms with Crippen LogP contribution in [0.5, 0.6) is 5.75 Å². The molecule has 0 amide bonds. The van der Waals surface area contributed by atoms with E-state index < -0.39 is 0 Å². The Morgan fingerprint density at radius 3 is 2.67 bits per heavy atom. The molecule has 27 heavy (non-hydrogen) atoms. The first-order valence-corrected chi connectivity index (χ1v) is 9.75. The van der Waals surface area contributed by atoms with Crippen LogP contribution in [-0.4, -0.2) is 34.4 Å². The zero-order valence-corrected chi connectivity index (χ0v) is 16.1. The number of ether oxygens (including phenoxy) is 1. The maximum Gasteiger partial charge on any atom is 0.227 e. The van der Waals surface area contributed by atoms with E-state index in [-0.39, 0.29) is 0 Å². The summed E-state index contributed by atoms with van der Waals surface area (Å²) in [6.45, 7) is 2.86. The number of aromatic nitrogens is 2. The molecule has 1 aromatic heterocycles. The number of methoxy groups -OCH3 is 1. The summed E-state index contributed by atoms with van der Waals surface area (Å²) >= 11 is 1.74. The molecule has 0 bridgehead atoms. The number of benzene rings is 2. The molecule has 1 aliphatic rings. The lowest BCUT2D eigenvalue weighted by Crippen LogP contribution is -2.06. The van der Waals surface area contributed by atoms with E-state index in [2.05, 4.69) is 33.5 Å². The van der Waals surface area contributed by atoms with Crippen molar-refractivity contribution >= 4 is 28.4 Å². The third-order valence-corrected chi connectivity index (χ3v) is 5.30. The van der Waals surface area contributed by atoms with Gasteiger partial charge in [-0.1, -0.05) is 36.4 Å². The molecule has 136 valence electrons. The highest BCUT2D eigenvalue weighted by Gasteiger charge is 2.16. The van der Waals surface area contributed by atoms with Gasteiger partial charge in [0, 0.05) is 18.5 Å². The predicted octanol–water partition coefficient (Wildman–Crippen LogP) is 4.70. The number of hydrogen-bond donors (Lipinski definition) is 1. The van der Waals surface area contributed by atoms with Crippen molar-refractivity contribution in [1.29, 1.82) is 0 Å². The van der Waals surface area contributed by atoms with Crippen LogP contribution in [0.15, 0.2) is 59.7 Å². The van der Waals surface area contributed by atoms with Gasteiger partial charge in [0.2, 0.25) is 5.95 Å². The van der Waals surface area contributed by atoms with Crippen LogP contribution >= 0.6 is 11.8 Å². The second-order valence-electron chi connectivity index (χ2n) is 6.17. The molecular weight excluding hydrogens is 356 g/mol. The summed E-state index contributed by atoms with van der Waals surface area (Å²) in [7, 11) is 1.66. The average molecular weight is 376 g/mol. The summed E-state index contributed by atoms with van der Waals surface area (Å²) < 4.78 is 5.52. The number of aliphatic imine (C=N–C) groups is 1. The molecule has 0 spiro atoms. The molecule has 0 aliphatic carbocycles. The highest BCUT2D eigenvalue weighted by molar-refractivity contribution is 8.14. The Morgan fingerprint density at radius 1 is 1.07 bits per heavy atom. The van der Waals surface area contributed by atoms with Crippen LogP contribution in [0.2, 0.25) is 0 Å². The van der Waals surface area contributed by atoms with Crippen molar-refractivity contribution in [2.45, 2.75) is 6.92 Å². The van der Waals surface area contributed by atoms with E-state index in [1.807, 2.05) is 43.5 Å². The van der Waals surface area contributed by atoms with E-state index in [1.54, 1.807) is 18.9 Å². The number of anilines is 2. The van der Waals surface area contributed by atoms with Crippen molar-refractivity contribution in [3.05, 3.63) is 66.0 Å². The van der Waals surface area contributed by atoms with Crippen LogP contribution < -0.4 is 10.1 Å². The van der Waals surface area contributed by atoms with Gasteiger partial charge in [-0.2, -0.15) is 0 Å². The first-order valence-electron chi connectivity index (χ1n) is 8.76. The van der Waals surface area contributed by atoms with Crippen molar-refractivity contribution in [3.63, 3.8) is 0 Å². The molecule has 0 saturated carbocycles. The first kappa shape index (κ1) is 17.5. The minimum atomic E-state index is 0.536. The van der Waals surface area contributed by atoms with Crippen LogP contribution in [0.1, 0.15) is 11.3 Å². The van der Waals surface area contributed by atoms with Crippen molar-refractivity contribution in [3.8, 4) is 16.9 Å². The molecule has 0 radical (unpaired) electrons. The van der Waals surface area contributed by atoms with E-state index in [1.165, 1.54) is 0 Å². The Balaban J connectivity index is 1.68. The van der Waals surface area contributed by atoms with Gasteiger partial charge in [-0.05, 0) is 35.7 Å². The number of nitrogens with zero attached hydrogens (tertiary/aromatic N) is 3. The summed E-state index contributed by atoms with van der Waals surface area (Å²) in [6.07, 6.45) is 1.83. The van der Waals surface area contributed by atoms with Crippen LogP contribution in [0, 0.1) is 6.92 Å². The van der Waals surface area contributed by atoms with E-state index >= 15 is 0 Å². The van der Waals surface area contributed by atoms with Gasteiger partial charge >= 0.3 is 0 Å². The Hall–Kier alpha value is -2.86. The summed E-state index contributed by atoms with van der Waals surface area (Å²) in [4.78, 5) is 13.7. The molecule has 2 heterocycles. The molecule has 2 aromatic carbocycles. The van der Waals surface area contributed by atoms with Crippen LogP contribution in [0.25, 0.3) is 11.1 Å².